The van der Waals surface area contributed by atoms with Crippen molar-refractivity contribution in [2.75, 3.05) is 0 Å². The van der Waals surface area contributed by atoms with Crippen LogP contribution in [0.2, 0.25) is 0 Å². The molecule has 0 aromatic heterocycles. The number of allylic oxidation sites excluding steroid dienone is 8. The Morgan fingerprint density at radius 2 is 1.48 bits per heavy atom. The first-order chi connectivity index (χ1) is 13.8. The van der Waals surface area contributed by atoms with E-state index in [0.717, 1.165) is 28.9 Å². The second-order valence-electron chi connectivity index (χ2n) is 11.1. The van der Waals surface area contributed by atoms with Gasteiger partial charge in [-0.3, -0.25) is 4.79 Å². The summed E-state index contributed by atoms with van der Waals surface area (Å²) in [4.78, 5) is 13.0. The molecular weight excluding hydrogens is 352 g/mol. The third kappa shape index (κ3) is 2.48. The van der Waals surface area contributed by atoms with Gasteiger partial charge in [-0.15, -0.1) is 0 Å². The van der Waals surface area contributed by atoms with Crippen molar-refractivity contribution in [1.29, 1.82) is 0 Å². The van der Waals surface area contributed by atoms with E-state index in [0.29, 0.717) is 11.3 Å². The minimum absolute atomic E-state index is 0.288. The molecule has 5 aliphatic rings. The Bertz CT molecular complexity index is 920. The normalized spacial score (nSPS) is 40.0. The van der Waals surface area contributed by atoms with E-state index in [1.54, 1.807) is 11.1 Å². The molecule has 0 bridgehead atoms. The van der Waals surface area contributed by atoms with Gasteiger partial charge in [-0.2, -0.15) is 0 Å². The number of hydrogen-bond donors (Lipinski definition) is 0. The average molecular weight is 391 g/mol. The zero-order valence-corrected chi connectivity index (χ0v) is 19.4. The Labute approximate surface area is 177 Å². The van der Waals surface area contributed by atoms with Crippen LogP contribution in [0.4, 0.5) is 0 Å². The van der Waals surface area contributed by atoms with Crippen molar-refractivity contribution in [2.45, 2.75) is 92.9 Å². The zero-order chi connectivity index (χ0) is 20.7. The molecule has 0 heterocycles. The molecule has 0 amide bonds. The highest BCUT2D eigenvalue weighted by atomic mass is 16.1. The Balaban J connectivity index is 1.69. The topological polar surface area (TPSA) is 17.1 Å². The van der Waals surface area contributed by atoms with E-state index in [4.69, 9.17) is 0 Å². The van der Waals surface area contributed by atoms with Gasteiger partial charge in [0.1, 0.15) is 0 Å². The van der Waals surface area contributed by atoms with Crippen molar-refractivity contribution in [1.82, 2.24) is 0 Å². The Hall–Kier alpha value is -1.37. The molecule has 3 fully saturated rings. The van der Waals surface area contributed by atoms with Crippen LogP contribution in [0, 0.1) is 29.1 Å². The number of fused-ring (bicyclic) bond motifs is 7. The standard InChI is InChI=1S/C28H38O/c1-15-17(3)26-22(25-19(5)27(29)18(4)16(2)24(15)25)11-12-23-21-10-8-7-9-20(21)13-14-28(23,26)6/h20-23H,7-14H2,1-6H3. The summed E-state index contributed by atoms with van der Waals surface area (Å²) in [5, 5.41) is 0. The number of carbonyl (C=O) groups is 1. The molecule has 1 nitrogen and oxygen atoms in total. The summed E-state index contributed by atoms with van der Waals surface area (Å²) in [7, 11) is 0. The van der Waals surface area contributed by atoms with Crippen LogP contribution in [-0.4, -0.2) is 5.78 Å². The van der Waals surface area contributed by atoms with Crippen LogP contribution in [0.5, 0.6) is 0 Å². The van der Waals surface area contributed by atoms with E-state index in [1.807, 2.05) is 6.92 Å². The second kappa shape index (κ2) is 6.56. The first kappa shape index (κ1) is 19.6. The molecule has 1 heteroatoms. The van der Waals surface area contributed by atoms with Crippen molar-refractivity contribution >= 4 is 5.78 Å². The average Bonchev–Trinajstić information content (AvgIpc) is 2.72. The zero-order valence-electron chi connectivity index (χ0n) is 19.4. The lowest BCUT2D eigenvalue weighted by atomic mass is 9.46. The van der Waals surface area contributed by atoms with E-state index in [1.165, 1.54) is 73.7 Å². The van der Waals surface area contributed by atoms with Gasteiger partial charge in [-0.1, -0.05) is 31.8 Å². The van der Waals surface area contributed by atoms with Crippen LogP contribution in [0.1, 0.15) is 92.9 Å². The van der Waals surface area contributed by atoms with Gasteiger partial charge in [0.05, 0.1) is 0 Å². The summed E-state index contributed by atoms with van der Waals surface area (Å²) in [5.41, 5.74) is 11.1. The molecule has 0 aromatic rings. The molecule has 5 aliphatic carbocycles. The highest BCUT2D eigenvalue weighted by Gasteiger charge is 2.54. The van der Waals surface area contributed by atoms with E-state index in [2.05, 4.69) is 34.6 Å². The number of hydrogen-bond acceptors (Lipinski definition) is 1. The summed E-state index contributed by atoms with van der Waals surface area (Å²) < 4.78 is 0. The van der Waals surface area contributed by atoms with Gasteiger partial charge in [0.15, 0.2) is 5.78 Å². The van der Waals surface area contributed by atoms with Crippen LogP contribution in [0.3, 0.4) is 0 Å². The highest BCUT2D eigenvalue weighted by molar-refractivity contribution is 6.11. The van der Waals surface area contributed by atoms with Crippen molar-refractivity contribution in [3.05, 3.63) is 44.6 Å². The molecule has 5 unspecified atom stereocenters. The molecule has 3 saturated carbocycles. The van der Waals surface area contributed by atoms with E-state index in [-0.39, 0.29) is 5.78 Å². The van der Waals surface area contributed by atoms with E-state index in [9.17, 15) is 4.79 Å². The second-order valence-corrected chi connectivity index (χ2v) is 11.1. The summed E-state index contributed by atoms with van der Waals surface area (Å²) in [6, 6.07) is 0. The maximum absolute atomic E-state index is 13.0. The number of Topliss-reactive ketones (excluding diaryl/α,β-unsaturated/α-hetero) is 1. The van der Waals surface area contributed by atoms with Crippen LogP contribution in [0.25, 0.3) is 0 Å². The summed E-state index contributed by atoms with van der Waals surface area (Å²) in [5.74, 6) is 3.55. The Kier molecular flexibility index (Phi) is 4.43. The van der Waals surface area contributed by atoms with Crippen molar-refractivity contribution in [3.8, 4) is 0 Å². The van der Waals surface area contributed by atoms with Crippen LogP contribution in [0.15, 0.2) is 44.6 Å². The number of carbonyl (C=O) groups excluding carboxylic acids is 1. The predicted molar refractivity (Wildman–Crippen MR) is 120 cm³/mol. The van der Waals surface area contributed by atoms with Gasteiger partial charge in [-0.25, -0.2) is 0 Å². The smallest absolute Gasteiger partial charge is 0.185 e. The molecule has 0 radical (unpaired) electrons. The van der Waals surface area contributed by atoms with Gasteiger partial charge >= 0.3 is 0 Å². The van der Waals surface area contributed by atoms with E-state index >= 15 is 0 Å². The Morgan fingerprint density at radius 3 is 2.24 bits per heavy atom. The van der Waals surface area contributed by atoms with Gasteiger partial charge in [0.2, 0.25) is 0 Å². The molecule has 0 aromatic carbocycles. The molecular formula is C28H38O. The first-order valence-electron chi connectivity index (χ1n) is 12.1. The third-order valence-corrected chi connectivity index (χ3v) is 10.0. The number of rotatable bonds is 0. The predicted octanol–water partition coefficient (Wildman–Crippen LogP) is 7.50. The SMILES string of the molecule is CC1=C(C)C2=C(C)C(C)=C3C(CCC4C5CCCCC5CCC34C)C2=C(C)C1=O. The van der Waals surface area contributed by atoms with Crippen LogP contribution >= 0.6 is 0 Å². The summed E-state index contributed by atoms with van der Waals surface area (Å²) in [6.07, 6.45) is 11.2. The highest BCUT2D eigenvalue weighted by Crippen LogP contribution is 2.65. The van der Waals surface area contributed by atoms with Gasteiger partial charge in [0.25, 0.3) is 0 Å². The third-order valence-electron chi connectivity index (χ3n) is 10.0. The maximum Gasteiger partial charge on any atom is 0.185 e. The molecule has 0 saturated heterocycles. The minimum atomic E-state index is 0.288. The van der Waals surface area contributed by atoms with Gasteiger partial charge in [-0.05, 0) is 118 Å². The van der Waals surface area contributed by atoms with Crippen molar-refractivity contribution in [2.24, 2.45) is 29.1 Å². The summed E-state index contributed by atoms with van der Waals surface area (Å²) >= 11 is 0. The lowest BCUT2D eigenvalue weighted by molar-refractivity contribution is -0.112. The van der Waals surface area contributed by atoms with Crippen LogP contribution < -0.4 is 0 Å². The van der Waals surface area contributed by atoms with Crippen LogP contribution in [-0.2, 0) is 4.79 Å². The molecule has 0 spiro atoms. The fraction of sp³-hybridized carbons (Fsp3) is 0.679. The first-order valence-corrected chi connectivity index (χ1v) is 12.1. The molecule has 0 N–H and O–H groups in total. The van der Waals surface area contributed by atoms with E-state index < -0.39 is 0 Å². The molecule has 156 valence electrons. The van der Waals surface area contributed by atoms with Crippen molar-refractivity contribution in [3.63, 3.8) is 0 Å². The van der Waals surface area contributed by atoms with Gasteiger partial charge < -0.3 is 0 Å². The maximum atomic E-state index is 13.0. The molecule has 5 rings (SSSR count). The Morgan fingerprint density at radius 1 is 0.759 bits per heavy atom. The number of ketones is 1. The summed E-state index contributed by atoms with van der Waals surface area (Å²) in [6.45, 7) is 13.6. The lowest BCUT2D eigenvalue weighted by Crippen LogP contribution is -2.49. The fourth-order valence-electron chi connectivity index (χ4n) is 8.46. The lowest BCUT2D eigenvalue weighted by Gasteiger charge is -2.59. The molecule has 5 atom stereocenters. The molecule has 0 aliphatic heterocycles. The monoisotopic (exact) mass is 390 g/mol. The quantitative estimate of drug-likeness (QED) is 0.418. The van der Waals surface area contributed by atoms with Gasteiger partial charge in [0, 0.05) is 17.1 Å². The molecule has 29 heavy (non-hydrogen) atoms. The van der Waals surface area contributed by atoms with Crippen molar-refractivity contribution < 1.29 is 4.79 Å². The largest absolute Gasteiger partial charge is 0.289 e. The minimum Gasteiger partial charge on any atom is -0.289 e. The fourth-order valence-corrected chi connectivity index (χ4v) is 8.46.